The first-order chi connectivity index (χ1) is 12.8. The number of halogens is 1. The van der Waals surface area contributed by atoms with Crippen LogP contribution in [0.2, 0.25) is 5.02 Å². The maximum absolute atomic E-state index is 12.1. The van der Waals surface area contributed by atoms with Crippen LogP contribution >= 0.6 is 11.6 Å². The third kappa shape index (κ3) is 7.21. The molecule has 2 N–H and O–H groups in total. The van der Waals surface area contributed by atoms with Gasteiger partial charge in [0.15, 0.2) is 6.61 Å². The summed E-state index contributed by atoms with van der Waals surface area (Å²) in [6, 6.07) is 13.2. The van der Waals surface area contributed by atoms with E-state index >= 15 is 0 Å². The Balaban J connectivity index is 1.76. The van der Waals surface area contributed by atoms with Crippen LogP contribution in [-0.4, -0.2) is 33.5 Å². The molecule has 0 spiro atoms. The minimum Gasteiger partial charge on any atom is -0.484 e. The van der Waals surface area contributed by atoms with Crippen molar-refractivity contribution in [3.05, 3.63) is 59.1 Å². The maximum Gasteiger partial charge on any atom is 0.257 e. The SMILES string of the molecule is CC(C)NS(=O)(=O)c1ccc(CCNC(=O)COc2ccc(Cl)cc2)cc1. The van der Waals surface area contributed by atoms with Gasteiger partial charge in [0.05, 0.1) is 4.90 Å². The molecule has 0 heterocycles. The Labute approximate surface area is 164 Å². The van der Waals surface area contributed by atoms with Crippen LogP contribution in [-0.2, 0) is 21.2 Å². The molecular weight excluding hydrogens is 388 g/mol. The molecule has 0 saturated heterocycles. The first kappa shape index (κ1) is 21.2. The highest BCUT2D eigenvalue weighted by Gasteiger charge is 2.14. The average molecular weight is 411 g/mol. The van der Waals surface area contributed by atoms with Gasteiger partial charge in [-0.3, -0.25) is 4.79 Å². The second-order valence-electron chi connectivity index (χ2n) is 6.26. The van der Waals surface area contributed by atoms with Crippen LogP contribution in [0, 0.1) is 0 Å². The van der Waals surface area contributed by atoms with Crippen LogP contribution in [0.3, 0.4) is 0 Å². The van der Waals surface area contributed by atoms with E-state index in [-0.39, 0.29) is 23.5 Å². The first-order valence-electron chi connectivity index (χ1n) is 8.52. The van der Waals surface area contributed by atoms with E-state index in [1.807, 2.05) is 0 Å². The number of carbonyl (C=O) groups is 1. The summed E-state index contributed by atoms with van der Waals surface area (Å²) >= 11 is 5.79. The highest BCUT2D eigenvalue weighted by atomic mass is 35.5. The van der Waals surface area contributed by atoms with Gasteiger partial charge in [-0.1, -0.05) is 23.7 Å². The van der Waals surface area contributed by atoms with Gasteiger partial charge in [-0.05, 0) is 62.2 Å². The van der Waals surface area contributed by atoms with Gasteiger partial charge in [0, 0.05) is 17.6 Å². The number of ether oxygens (including phenoxy) is 1. The fourth-order valence-corrected chi connectivity index (χ4v) is 3.67. The second-order valence-corrected chi connectivity index (χ2v) is 8.41. The van der Waals surface area contributed by atoms with Gasteiger partial charge >= 0.3 is 0 Å². The summed E-state index contributed by atoms with van der Waals surface area (Å²) in [6.07, 6.45) is 0.588. The lowest BCUT2D eigenvalue weighted by molar-refractivity contribution is -0.123. The average Bonchev–Trinajstić information content (AvgIpc) is 2.60. The Bertz CT molecular complexity index is 850. The molecule has 6 nitrogen and oxygen atoms in total. The zero-order chi connectivity index (χ0) is 19.9. The lowest BCUT2D eigenvalue weighted by Crippen LogP contribution is -2.30. The number of nitrogens with one attached hydrogen (secondary N) is 2. The number of amides is 1. The summed E-state index contributed by atoms with van der Waals surface area (Å²) in [7, 11) is -3.49. The summed E-state index contributed by atoms with van der Waals surface area (Å²) in [5.41, 5.74) is 0.928. The van der Waals surface area contributed by atoms with Crippen molar-refractivity contribution in [1.82, 2.24) is 10.0 Å². The molecule has 1 amide bonds. The molecule has 0 aromatic heterocycles. The van der Waals surface area contributed by atoms with Gasteiger partial charge in [-0.2, -0.15) is 0 Å². The fourth-order valence-electron chi connectivity index (χ4n) is 2.29. The van der Waals surface area contributed by atoms with Gasteiger partial charge in [0.2, 0.25) is 10.0 Å². The van der Waals surface area contributed by atoms with Crippen molar-refractivity contribution in [3.8, 4) is 5.75 Å². The quantitative estimate of drug-likeness (QED) is 0.665. The first-order valence-corrected chi connectivity index (χ1v) is 10.4. The third-order valence-corrected chi connectivity index (χ3v) is 5.47. The van der Waals surface area contributed by atoms with Crippen molar-refractivity contribution in [2.45, 2.75) is 31.2 Å². The molecule has 0 radical (unpaired) electrons. The van der Waals surface area contributed by atoms with E-state index in [1.54, 1.807) is 62.4 Å². The van der Waals surface area contributed by atoms with E-state index in [4.69, 9.17) is 16.3 Å². The Morgan fingerprint density at radius 3 is 2.30 bits per heavy atom. The van der Waals surface area contributed by atoms with E-state index in [0.29, 0.717) is 23.7 Å². The summed E-state index contributed by atoms with van der Waals surface area (Å²) in [4.78, 5) is 12.0. The van der Waals surface area contributed by atoms with E-state index in [9.17, 15) is 13.2 Å². The molecule has 0 saturated carbocycles. The molecule has 0 fully saturated rings. The number of hydrogen-bond donors (Lipinski definition) is 2. The molecule has 2 aromatic carbocycles. The molecular formula is C19H23ClN2O4S. The van der Waals surface area contributed by atoms with E-state index < -0.39 is 10.0 Å². The number of sulfonamides is 1. The van der Waals surface area contributed by atoms with Gasteiger partial charge in [-0.25, -0.2) is 13.1 Å². The molecule has 2 rings (SSSR count). The predicted molar refractivity (Wildman–Crippen MR) is 106 cm³/mol. The smallest absolute Gasteiger partial charge is 0.257 e. The van der Waals surface area contributed by atoms with Gasteiger partial charge in [0.25, 0.3) is 5.91 Å². The fraction of sp³-hybridized carbons (Fsp3) is 0.316. The molecule has 0 bridgehead atoms. The van der Waals surface area contributed by atoms with Gasteiger partial charge < -0.3 is 10.1 Å². The number of benzene rings is 2. The Morgan fingerprint density at radius 1 is 1.07 bits per heavy atom. The number of carbonyl (C=O) groups excluding carboxylic acids is 1. The van der Waals surface area contributed by atoms with Crippen molar-refractivity contribution in [1.29, 1.82) is 0 Å². The van der Waals surface area contributed by atoms with Crippen LogP contribution < -0.4 is 14.8 Å². The minimum atomic E-state index is -3.49. The van der Waals surface area contributed by atoms with Crippen molar-refractivity contribution >= 4 is 27.5 Å². The van der Waals surface area contributed by atoms with Crippen molar-refractivity contribution in [2.75, 3.05) is 13.2 Å². The third-order valence-electron chi connectivity index (χ3n) is 3.54. The van der Waals surface area contributed by atoms with Crippen LogP contribution in [0.4, 0.5) is 0 Å². The molecule has 146 valence electrons. The zero-order valence-electron chi connectivity index (χ0n) is 15.2. The predicted octanol–water partition coefficient (Wildman–Crippen LogP) is 2.76. The topological polar surface area (TPSA) is 84.5 Å². The standard InChI is InChI=1S/C19H23ClN2O4S/c1-14(2)22-27(24,25)18-9-3-15(4-10-18)11-12-21-19(23)13-26-17-7-5-16(20)6-8-17/h3-10,14,22H,11-13H2,1-2H3,(H,21,23). The number of rotatable bonds is 9. The molecule has 0 atom stereocenters. The Kier molecular flexibility index (Phi) is 7.65. The lowest BCUT2D eigenvalue weighted by Gasteiger charge is -2.10. The minimum absolute atomic E-state index is 0.0836. The zero-order valence-corrected chi connectivity index (χ0v) is 16.8. The van der Waals surface area contributed by atoms with Crippen LogP contribution in [0.25, 0.3) is 0 Å². The molecule has 27 heavy (non-hydrogen) atoms. The second kappa shape index (κ2) is 9.73. The van der Waals surface area contributed by atoms with E-state index in [2.05, 4.69) is 10.0 Å². The summed E-state index contributed by atoms with van der Waals surface area (Å²) < 4.78 is 32.1. The highest BCUT2D eigenvalue weighted by Crippen LogP contribution is 2.15. The molecule has 0 unspecified atom stereocenters. The largest absolute Gasteiger partial charge is 0.484 e. The highest BCUT2D eigenvalue weighted by molar-refractivity contribution is 7.89. The number of hydrogen-bond acceptors (Lipinski definition) is 4. The monoisotopic (exact) mass is 410 g/mol. The molecule has 0 aliphatic heterocycles. The lowest BCUT2D eigenvalue weighted by atomic mass is 10.1. The Morgan fingerprint density at radius 2 is 1.70 bits per heavy atom. The van der Waals surface area contributed by atoms with Crippen LogP contribution in [0.5, 0.6) is 5.75 Å². The molecule has 2 aromatic rings. The van der Waals surface area contributed by atoms with Crippen molar-refractivity contribution in [2.24, 2.45) is 0 Å². The van der Waals surface area contributed by atoms with Gasteiger partial charge in [-0.15, -0.1) is 0 Å². The van der Waals surface area contributed by atoms with Gasteiger partial charge in [0.1, 0.15) is 5.75 Å². The summed E-state index contributed by atoms with van der Waals surface area (Å²) in [5, 5.41) is 3.37. The normalized spacial score (nSPS) is 11.4. The van der Waals surface area contributed by atoms with Crippen molar-refractivity contribution in [3.63, 3.8) is 0 Å². The van der Waals surface area contributed by atoms with E-state index in [1.165, 1.54) is 0 Å². The van der Waals surface area contributed by atoms with Crippen molar-refractivity contribution < 1.29 is 17.9 Å². The molecule has 0 aliphatic rings. The Hall–Kier alpha value is -2.09. The van der Waals surface area contributed by atoms with Crippen LogP contribution in [0.15, 0.2) is 53.4 Å². The van der Waals surface area contributed by atoms with E-state index in [0.717, 1.165) is 5.56 Å². The molecule has 0 aliphatic carbocycles. The van der Waals surface area contributed by atoms with Crippen LogP contribution in [0.1, 0.15) is 19.4 Å². The maximum atomic E-state index is 12.1. The summed E-state index contributed by atoms with van der Waals surface area (Å²) in [5.74, 6) is 0.339. The molecule has 8 heteroatoms. The summed E-state index contributed by atoms with van der Waals surface area (Å²) in [6.45, 7) is 3.88.